The second kappa shape index (κ2) is 6.96. The quantitative estimate of drug-likeness (QED) is 0.780. The van der Waals surface area contributed by atoms with Gasteiger partial charge in [-0.25, -0.2) is 4.79 Å². The SMILES string of the molecule is CC(C)(C)CC(c1ccc(C2(N)CC2)cc1)N1CC2(CN(C(=O)OC(C)(C)C)C2)C1. The van der Waals surface area contributed by atoms with E-state index in [1.54, 1.807) is 0 Å². The first kappa shape index (κ1) is 21.6. The van der Waals surface area contributed by atoms with Crippen molar-refractivity contribution >= 4 is 6.09 Å². The van der Waals surface area contributed by atoms with E-state index in [1.165, 1.54) is 11.1 Å². The second-order valence-corrected chi connectivity index (χ2v) is 12.3. The fraction of sp³-hybridized carbons (Fsp3) is 0.720. The summed E-state index contributed by atoms with van der Waals surface area (Å²) in [5.41, 5.74) is 9.03. The van der Waals surface area contributed by atoms with Gasteiger partial charge in [-0.2, -0.15) is 0 Å². The van der Waals surface area contributed by atoms with Crippen molar-refractivity contribution in [1.82, 2.24) is 9.80 Å². The molecule has 0 aromatic heterocycles. The van der Waals surface area contributed by atoms with Gasteiger partial charge in [0.1, 0.15) is 5.60 Å². The predicted molar refractivity (Wildman–Crippen MR) is 120 cm³/mol. The zero-order valence-corrected chi connectivity index (χ0v) is 19.6. The van der Waals surface area contributed by atoms with Gasteiger partial charge in [-0.05, 0) is 56.6 Å². The molecular formula is C25H39N3O2. The van der Waals surface area contributed by atoms with Crippen LogP contribution in [-0.2, 0) is 10.3 Å². The molecule has 1 aromatic rings. The van der Waals surface area contributed by atoms with Crippen LogP contribution in [0.2, 0.25) is 0 Å². The van der Waals surface area contributed by atoms with Crippen molar-refractivity contribution in [3.05, 3.63) is 35.4 Å². The first-order chi connectivity index (χ1) is 13.8. The maximum absolute atomic E-state index is 12.3. The molecule has 5 heteroatoms. The highest BCUT2D eigenvalue weighted by Gasteiger charge is 2.55. The zero-order valence-electron chi connectivity index (χ0n) is 19.6. The van der Waals surface area contributed by atoms with E-state index in [-0.39, 0.29) is 22.5 Å². The highest BCUT2D eigenvalue weighted by Crippen LogP contribution is 2.47. The molecule has 3 fully saturated rings. The van der Waals surface area contributed by atoms with E-state index >= 15 is 0 Å². The van der Waals surface area contributed by atoms with Crippen LogP contribution in [0.25, 0.3) is 0 Å². The minimum Gasteiger partial charge on any atom is -0.444 e. The summed E-state index contributed by atoms with van der Waals surface area (Å²) in [7, 11) is 0. The fourth-order valence-electron chi connectivity index (χ4n) is 4.95. The van der Waals surface area contributed by atoms with E-state index in [0.29, 0.717) is 6.04 Å². The molecule has 1 unspecified atom stereocenters. The molecule has 4 rings (SSSR count). The van der Waals surface area contributed by atoms with Crippen LogP contribution in [0.4, 0.5) is 4.79 Å². The lowest BCUT2D eigenvalue weighted by Crippen LogP contribution is -2.73. The van der Waals surface area contributed by atoms with E-state index in [0.717, 1.165) is 45.4 Å². The minimum atomic E-state index is -0.433. The Morgan fingerprint density at radius 1 is 1.03 bits per heavy atom. The van der Waals surface area contributed by atoms with Crippen molar-refractivity contribution in [1.29, 1.82) is 0 Å². The lowest BCUT2D eigenvalue weighted by molar-refractivity contribution is -0.131. The molecule has 3 aliphatic rings. The maximum Gasteiger partial charge on any atom is 0.410 e. The Bertz CT molecular complexity index is 785. The van der Waals surface area contributed by atoms with Crippen molar-refractivity contribution < 1.29 is 9.53 Å². The molecule has 1 amide bonds. The molecule has 30 heavy (non-hydrogen) atoms. The van der Waals surface area contributed by atoms with Gasteiger partial charge in [0.05, 0.1) is 0 Å². The van der Waals surface area contributed by atoms with Crippen molar-refractivity contribution in [3.63, 3.8) is 0 Å². The normalized spacial score (nSPS) is 23.5. The number of amides is 1. The summed E-state index contributed by atoms with van der Waals surface area (Å²) in [4.78, 5) is 16.7. The van der Waals surface area contributed by atoms with E-state index in [2.05, 4.69) is 49.9 Å². The van der Waals surface area contributed by atoms with Gasteiger partial charge in [0, 0.05) is 43.2 Å². The van der Waals surface area contributed by atoms with Gasteiger partial charge in [0.15, 0.2) is 0 Å². The highest BCUT2D eigenvalue weighted by molar-refractivity contribution is 5.69. The van der Waals surface area contributed by atoms with Gasteiger partial charge in [-0.15, -0.1) is 0 Å². The number of ether oxygens (including phenoxy) is 1. The molecule has 1 atom stereocenters. The smallest absolute Gasteiger partial charge is 0.410 e. The average molecular weight is 414 g/mol. The monoisotopic (exact) mass is 413 g/mol. The van der Waals surface area contributed by atoms with Crippen LogP contribution in [0.15, 0.2) is 24.3 Å². The van der Waals surface area contributed by atoms with Crippen LogP contribution >= 0.6 is 0 Å². The summed E-state index contributed by atoms with van der Waals surface area (Å²) in [6.07, 6.45) is 3.14. The zero-order chi connectivity index (χ0) is 21.9. The standard InChI is InChI=1S/C25H39N3O2/c1-22(2,3)13-20(18-7-9-19(10-8-18)25(26)11-12-25)27-14-24(15-27)16-28(17-24)21(29)30-23(4,5)6/h7-10,20H,11-17,26H2,1-6H3. The van der Waals surface area contributed by atoms with Crippen LogP contribution in [-0.4, -0.2) is 47.7 Å². The summed E-state index contributed by atoms with van der Waals surface area (Å²) < 4.78 is 5.52. The number of benzene rings is 1. The van der Waals surface area contributed by atoms with Crippen molar-refractivity contribution in [2.75, 3.05) is 26.2 Å². The Balaban J connectivity index is 1.39. The molecule has 166 valence electrons. The van der Waals surface area contributed by atoms with Crippen LogP contribution in [0.5, 0.6) is 0 Å². The number of nitrogens with two attached hydrogens (primary N) is 1. The summed E-state index contributed by atoms with van der Waals surface area (Å²) in [5.74, 6) is 0. The Hall–Kier alpha value is -1.59. The Morgan fingerprint density at radius 3 is 2.07 bits per heavy atom. The Labute approximate surface area is 181 Å². The fourth-order valence-corrected chi connectivity index (χ4v) is 4.95. The molecule has 1 spiro atoms. The molecule has 5 nitrogen and oxygen atoms in total. The molecular weight excluding hydrogens is 374 g/mol. The van der Waals surface area contributed by atoms with Crippen LogP contribution in [0.1, 0.15) is 78.0 Å². The van der Waals surface area contributed by atoms with E-state index in [4.69, 9.17) is 10.5 Å². The number of carbonyl (C=O) groups is 1. The molecule has 0 bridgehead atoms. The van der Waals surface area contributed by atoms with Gasteiger partial charge in [0.25, 0.3) is 0 Å². The number of likely N-dealkylation sites (tertiary alicyclic amines) is 2. The van der Waals surface area contributed by atoms with E-state index in [9.17, 15) is 4.79 Å². The van der Waals surface area contributed by atoms with E-state index in [1.807, 2.05) is 25.7 Å². The molecule has 2 N–H and O–H groups in total. The first-order valence-corrected chi connectivity index (χ1v) is 11.4. The number of nitrogens with zero attached hydrogens (tertiary/aromatic N) is 2. The Kier molecular flexibility index (Phi) is 5.02. The molecule has 1 saturated carbocycles. The predicted octanol–water partition coefficient (Wildman–Crippen LogP) is 4.66. The molecule has 2 aliphatic heterocycles. The largest absolute Gasteiger partial charge is 0.444 e. The number of hydrogen-bond donors (Lipinski definition) is 1. The van der Waals surface area contributed by atoms with Crippen LogP contribution in [0, 0.1) is 10.8 Å². The average Bonchev–Trinajstić information content (AvgIpc) is 3.27. The first-order valence-electron chi connectivity index (χ1n) is 11.4. The highest BCUT2D eigenvalue weighted by atomic mass is 16.6. The third-order valence-corrected chi connectivity index (χ3v) is 6.69. The summed E-state index contributed by atoms with van der Waals surface area (Å²) >= 11 is 0. The van der Waals surface area contributed by atoms with Gasteiger partial charge in [-0.3, -0.25) is 4.90 Å². The van der Waals surface area contributed by atoms with Crippen molar-refractivity contribution in [2.45, 2.75) is 78.0 Å². The molecule has 0 radical (unpaired) electrons. The summed E-state index contributed by atoms with van der Waals surface area (Å²) in [6, 6.07) is 9.46. The van der Waals surface area contributed by atoms with E-state index < -0.39 is 5.60 Å². The maximum atomic E-state index is 12.3. The van der Waals surface area contributed by atoms with Gasteiger partial charge in [0.2, 0.25) is 0 Å². The lowest BCUT2D eigenvalue weighted by atomic mass is 9.70. The Morgan fingerprint density at radius 2 is 1.60 bits per heavy atom. The minimum absolute atomic E-state index is 0.0735. The van der Waals surface area contributed by atoms with Crippen LogP contribution < -0.4 is 5.73 Å². The van der Waals surface area contributed by atoms with Gasteiger partial charge in [-0.1, -0.05) is 45.0 Å². The van der Waals surface area contributed by atoms with Crippen LogP contribution in [0.3, 0.4) is 0 Å². The molecule has 2 saturated heterocycles. The number of hydrogen-bond acceptors (Lipinski definition) is 4. The van der Waals surface area contributed by atoms with Gasteiger partial charge >= 0.3 is 6.09 Å². The third kappa shape index (κ3) is 4.52. The second-order valence-electron chi connectivity index (χ2n) is 12.3. The van der Waals surface area contributed by atoms with Gasteiger partial charge < -0.3 is 15.4 Å². The molecule has 1 aromatic carbocycles. The third-order valence-electron chi connectivity index (χ3n) is 6.69. The van der Waals surface area contributed by atoms with Crippen molar-refractivity contribution in [3.8, 4) is 0 Å². The molecule has 1 aliphatic carbocycles. The summed E-state index contributed by atoms with van der Waals surface area (Å²) in [6.45, 7) is 16.4. The van der Waals surface area contributed by atoms with Crippen molar-refractivity contribution in [2.24, 2.45) is 16.6 Å². The topological polar surface area (TPSA) is 58.8 Å². The number of carbonyl (C=O) groups excluding carboxylic acids is 1. The number of rotatable bonds is 4. The summed E-state index contributed by atoms with van der Waals surface area (Å²) in [5, 5.41) is 0. The lowest BCUT2D eigenvalue weighted by Gasteiger charge is -2.62. The molecule has 2 heterocycles.